The van der Waals surface area contributed by atoms with Gasteiger partial charge in [0, 0.05) is 54.3 Å². The van der Waals surface area contributed by atoms with Crippen molar-refractivity contribution in [1.82, 2.24) is 10.6 Å². The lowest BCUT2D eigenvalue weighted by Crippen LogP contribution is -2.48. The van der Waals surface area contributed by atoms with E-state index in [0.29, 0.717) is 29.5 Å². The minimum Gasteiger partial charge on any atom is -0.481 e. The van der Waals surface area contributed by atoms with Gasteiger partial charge in [-0.25, -0.2) is 4.79 Å². The van der Waals surface area contributed by atoms with Crippen LogP contribution in [0, 0.1) is 0 Å². The summed E-state index contributed by atoms with van der Waals surface area (Å²) in [7, 11) is 0. The lowest BCUT2D eigenvalue weighted by Gasteiger charge is -2.47. The largest absolute Gasteiger partial charge is 0.481 e. The number of rotatable bonds is 9. The van der Waals surface area contributed by atoms with Gasteiger partial charge in [0.1, 0.15) is 11.1 Å². The van der Waals surface area contributed by atoms with Gasteiger partial charge in [-0.2, -0.15) is 0 Å². The van der Waals surface area contributed by atoms with Crippen LogP contribution in [0.2, 0.25) is 0 Å². The summed E-state index contributed by atoms with van der Waals surface area (Å²) in [5.41, 5.74) is 1.77. The van der Waals surface area contributed by atoms with E-state index in [4.69, 9.17) is 9.52 Å². The number of carbonyl (C=O) groups is 3. The number of carboxylic acids is 1. The highest BCUT2D eigenvalue weighted by Gasteiger charge is 2.36. The van der Waals surface area contributed by atoms with E-state index in [1.54, 1.807) is 30.4 Å². The Balaban J connectivity index is 1.47. The van der Waals surface area contributed by atoms with E-state index in [-0.39, 0.29) is 42.4 Å². The lowest BCUT2D eigenvalue weighted by molar-refractivity contribution is -0.137. The summed E-state index contributed by atoms with van der Waals surface area (Å²) in [6, 6.07) is 5.32. The van der Waals surface area contributed by atoms with Crippen LogP contribution >= 0.6 is 0 Å². The summed E-state index contributed by atoms with van der Waals surface area (Å²) < 4.78 is 5.59. The van der Waals surface area contributed by atoms with Gasteiger partial charge in [-0.1, -0.05) is 37.3 Å². The van der Waals surface area contributed by atoms with Crippen LogP contribution in [0.5, 0.6) is 0 Å². The molecule has 9 nitrogen and oxygen atoms in total. The Hall–Kier alpha value is -4.40. The molecule has 3 N–H and O–H groups in total. The van der Waals surface area contributed by atoms with E-state index in [9.17, 15) is 19.2 Å². The SMILES string of the molecule is CC1CC(C)(C)N(CCCC(=O)O)c2cc3oc(=O)c(C(=O)NCCNC(=O)C4=C/C=C\C=C/C=C4)cc3cc21. The molecule has 9 heteroatoms. The Kier molecular flexibility index (Phi) is 8.72. The van der Waals surface area contributed by atoms with Crippen LogP contribution in [0.4, 0.5) is 5.69 Å². The van der Waals surface area contributed by atoms with Crippen molar-refractivity contribution in [3.05, 3.63) is 87.9 Å². The van der Waals surface area contributed by atoms with Crippen LogP contribution in [0.15, 0.2) is 75.5 Å². The zero-order valence-electron chi connectivity index (χ0n) is 23.0. The van der Waals surface area contributed by atoms with Gasteiger partial charge < -0.3 is 25.1 Å². The van der Waals surface area contributed by atoms with Crippen molar-refractivity contribution in [3.8, 4) is 0 Å². The third kappa shape index (κ3) is 6.59. The second-order valence-electron chi connectivity index (χ2n) is 10.7. The van der Waals surface area contributed by atoms with E-state index < -0.39 is 17.5 Å². The molecule has 0 radical (unpaired) electrons. The van der Waals surface area contributed by atoms with Crippen molar-refractivity contribution in [2.75, 3.05) is 24.5 Å². The molecule has 40 heavy (non-hydrogen) atoms. The minimum absolute atomic E-state index is 0.0755. The highest BCUT2D eigenvalue weighted by molar-refractivity contribution is 5.98. The van der Waals surface area contributed by atoms with E-state index in [1.165, 1.54) is 0 Å². The van der Waals surface area contributed by atoms with Crippen molar-refractivity contribution in [2.45, 2.75) is 51.5 Å². The fourth-order valence-corrected chi connectivity index (χ4v) is 5.33. The fraction of sp³-hybridized carbons (Fsp3) is 0.355. The van der Waals surface area contributed by atoms with Crippen molar-refractivity contribution < 1.29 is 23.9 Å². The molecule has 0 saturated carbocycles. The zero-order valence-corrected chi connectivity index (χ0v) is 23.0. The van der Waals surface area contributed by atoms with Crippen LogP contribution in [0.25, 0.3) is 11.0 Å². The molecular formula is C31H35N3O6. The fourth-order valence-electron chi connectivity index (χ4n) is 5.33. The first-order valence-electron chi connectivity index (χ1n) is 13.5. The Morgan fingerprint density at radius 1 is 1.02 bits per heavy atom. The summed E-state index contributed by atoms with van der Waals surface area (Å²) in [5.74, 6) is -1.46. The summed E-state index contributed by atoms with van der Waals surface area (Å²) in [5, 5.41) is 15.2. The van der Waals surface area contributed by atoms with Gasteiger partial charge >= 0.3 is 11.6 Å². The molecule has 1 aromatic carbocycles. The molecule has 0 saturated heterocycles. The monoisotopic (exact) mass is 545 g/mol. The lowest BCUT2D eigenvalue weighted by atomic mass is 9.79. The number of hydrogen-bond acceptors (Lipinski definition) is 6. The highest BCUT2D eigenvalue weighted by Crippen LogP contribution is 2.45. The Morgan fingerprint density at radius 3 is 2.48 bits per heavy atom. The third-order valence-corrected chi connectivity index (χ3v) is 7.21. The molecule has 0 fully saturated rings. The Labute approximate surface area is 232 Å². The molecule has 1 aliphatic heterocycles. The first kappa shape index (κ1) is 28.6. The number of aliphatic carboxylic acids is 1. The maximum absolute atomic E-state index is 12.8. The number of allylic oxidation sites excluding steroid dienone is 6. The van der Waals surface area contributed by atoms with Gasteiger partial charge in [0.25, 0.3) is 11.8 Å². The summed E-state index contributed by atoms with van der Waals surface area (Å²) >= 11 is 0. The molecule has 2 aliphatic rings. The van der Waals surface area contributed by atoms with Gasteiger partial charge in [-0.15, -0.1) is 0 Å². The maximum atomic E-state index is 12.8. The summed E-state index contributed by atoms with van der Waals surface area (Å²) in [4.78, 5) is 51.2. The van der Waals surface area contributed by atoms with Crippen LogP contribution in [-0.2, 0) is 9.59 Å². The third-order valence-electron chi connectivity index (χ3n) is 7.21. The predicted octanol–water partition coefficient (Wildman–Crippen LogP) is 4.20. The van der Waals surface area contributed by atoms with Crippen molar-refractivity contribution >= 4 is 34.4 Å². The van der Waals surface area contributed by atoms with Gasteiger partial charge in [0.2, 0.25) is 0 Å². The molecule has 0 bridgehead atoms. The first-order chi connectivity index (χ1) is 19.1. The minimum atomic E-state index is -0.833. The van der Waals surface area contributed by atoms with Gasteiger partial charge in [-0.05, 0) is 62.5 Å². The second kappa shape index (κ2) is 12.2. The van der Waals surface area contributed by atoms with Crippen molar-refractivity contribution in [2.24, 2.45) is 0 Å². The topological polar surface area (TPSA) is 129 Å². The molecule has 2 amide bonds. The van der Waals surface area contributed by atoms with E-state index >= 15 is 0 Å². The van der Waals surface area contributed by atoms with Crippen molar-refractivity contribution in [3.63, 3.8) is 0 Å². The number of anilines is 1. The number of carboxylic acid groups (broad SMARTS) is 1. The molecule has 2 aromatic rings. The molecule has 1 unspecified atom stereocenters. The molecule has 1 atom stereocenters. The van der Waals surface area contributed by atoms with Gasteiger partial charge in [0.05, 0.1) is 0 Å². The van der Waals surface area contributed by atoms with Crippen molar-refractivity contribution in [1.29, 1.82) is 0 Å². The first-order valence-corrected chi connectivity index (χ1v) is 13.5. The predicted molar refractivity (Wildman–Crippen MR) is 155 cm³/mol. The Morgan fingerprint density at radius 2 is 1.73 bits per heavy atom. The number of hydrogen-bond donors (Lipinski definition) is 3. The molecular weight excluding hydrogens is 510 g/mol. The molecule has 1 aromatic heterocycles. The number of nitrogens with one attached hydrogen (secondary N) is 2. The van der Waals surface area contributed by atoms with Gasteiger partial charge in [0.15, 0.2) is 0 Å². The average Bonchev–Trinajstić information content (AvgIpc) is 2.86. The summed E-state index contributed by atoms with van der Waals surface area (Å²) in [6.07, 6.45) is 13.9. The van der Waals surface area contributed by atoms with Crippen LogP contribution in [0.3, 0.4) is 0 Å². The highest BCUT2D eigenvalue weighted by atomic mass is 16.4. The molecule has 210 valence electrons. The van der Waals surface area contributed by atoms with E-state index in [1.807, 2.05) is 30.4 Å². The molecule has 4 rings (SSSR count). The number of fused-ring (bicyclic) bond motifs is 2. The maximum Gasteiger partial charge on any atom is 0.349 e. The molecule has 2 heterocycles. The normalized spacial score (nSPS) is 19.1. The number of benzene rings is 1. The smallest absolute Gasteiger partial charge is 0.349 e. The Bertz CT molecular complexity index is 1490. The molecule has 1 aliphatic carbocycles. The van der Waals surface area contributed by atoms with Crippen LogP contribution in [0.1, 0.15) is 61.9 Å². The zero-order chi connectivity index (χ0) is 28.9. The summed E-state index contributed by atoms with van der Waals surface area (Å²) in [6.45, 7) is 7.28. The quantitative estimate of drug-likeness (QED) is 0.318. The molecule has 0 spiro atoms. The average molecular weight is 546 g/mol. The number of carbonyl (C=O) groups excluding carboxylic acids is 2. The number of nitrogens with zero attached hydrogens (tertiary/aromatic N) is 1. The van der Waals surface area contributed by atoms with E-state index in [2.05, 4.69) is 36.3 Å². The van der Waals surface area contributed by atoms with Crippen LogP contribution < -0.4 is 21.2 Å². The van der Waals surface area contributed by atoms with Crippen LogP contribution in [-0.4, -0.2) is 48.1 Å². The van der Waals surface area contributed by atoms with E-state index in [0.717, 1.165) is 17.7 Å². The second-order valence-corrected chi connectivity index (χ2v) is 10.7. The standard InChI is InChI=1S/C31H35N3O6/c1-20-19-31(2,3)34(15-9-12-27(35)36)25-18-26-22(16-23(20)25)17-24(30(39)40-26)29(38)33-14-13-32-28(37)21-10-7-5-4-6-8-11-21/h4-8,10-11,16-18,20H,9,12-15,19H2,1-3H3,(H,32,37)(H,33,38)(H,35,36)/b5-4-,6-4?,7-5?,8-6-,10-7?,11-8?,21-10?,21-11?. The number of amides is 2. The van der Waals surface area contributed by atoms with Gasteiger partial charge in [-0.3, -0.25) is 14.4 Å².